The summed E-state index contributed by atoms with van der Waals surface area (Å²) in [6.07, 6.45) is 29.7. The van der Waals surface area contributed by atoms with Gasteiger partial charge in [0.15, 0.2) is 12.2 Å². The molecule has 0 heterocycles. The summed E-state index contributed by atoms with van der Waals surface area (Å²) in [4.78, 5) is 72.0. The number of unbranched alkanes of at least 4 members (excludes halogenated alkanes) is 23. The Morgan fingerprint density at radius 3 is 0.887 bits per heavy atom. The van der Waals surface area contributed by atoms with Crippen LogP contribution in [0.25, 0.3) is 0 Å². The average molecular weight is 1190 g/mol. The fourth-order valence-electron chi connectivity index (χ4n) is 8.87. The molecule has 6 atom stereocenters. The molecule has 474 valence electrons. The second kappa shape index (κ2) is 51.5. The molecular weight excluding hydrogens is 1070 g/mol. The first-order valence-electron chi connectivity index (χ1n) is 31.7. The third-order valence-corrected chi connectivity index (χ3v) is 16.1. The van der Waals surface area contributed by atoms with Crippen molar-refractivity contribution in [3.63, 3.8) is 0 Å². The second-order valence-electron chi connectivity index (χ2n) is 23.8. The molecule has 0 saturated carbocycles. The van der Waals surface area contributed by atoms with Gasteiger partial charge in [-0.15, -0.1) is 0 Å². The maximum absolute atomic E-state index is 12.9. The standard InChI is InChI=1S/C61H118O17P2/c1-9-54(8)40-32-24-18-20-28-36-44-61(66)78-57(47-71-58(63)41-33-25-16-12-14-22-30-38-52(4)5)50-76-80(69,70)74-46-55(62)45-73-79(67,68)75-49-56(48-72-59(64)42-34-26-19-17-23-31-39-53(6)7)77-60(65)43-35-27-15-11-10-13-21-29-37-51(2)3/h51-57,62H,9-50H2,1-8H3,(H,67,68)(H,69,70)/t54?,55?,56-,57-/m1/s1. The summed E-state index contributed by atoms with van der Waals surface area (Å²) in [5.41, 5.74) is 0. The van der Waals surface area contributed by atoms with Crippen molar-refractivity contribution in [1.82, 2.24) is 0 Å². The summed E-state index contributed by atoms with van der Waals surface area (Å²) in [5.74, 6) is 0.674. The van der Waals surface area contributed by atoms with Crippen LogP contribution in [0, 0.1) is 23.7 Å². The quantitative estimate of drug-likeness (QED) is 0.0222. The van der Waals surface area contributed by atoms with Crippen LogP contribution in [-0.2, 0) is 65.4 Å². The van der Waals surface area contributed by atoms with Gasteiger partial charge in [-0.1, -0.05) is 235 Å². The van der Waals surface area contributed by atoms with Gasteiger partial charge in [0.1, 0.15) is 19.3 Å². The monoisotopic (exact) mass is 1180 g/mol. The van der Waals surface area contributed by atoms with Gasteiger partial charge in [0.25, 0.3) is 0 Å². The first kappa shape index (κ1) is 78.1. The van der Waals surface area contributed by atoms with Crippen LogP contribution in [0.1, 0.15) is 287 Å². The molecule has 19 heteroatoms. The van der Waals surface area contributed by atoms with Crippen molar-refractivity contribution in [2.24, 2.45) is 23.7 Å². The molecule has 17 nitrogen and oxygen atoms in total. The summed E-state index contributed by atoms with van der Waals surface area (Å²) in [6.45, 7) is 13.8. The Labute approximate surface area is 486 Å². The van der Waals surface area contributed by atoms with Gasteiger partial charge in [0, 0.05) is 25.7 Å². The molecule has 0 amide bonds. The lowest BCUT2D eigenvalue weighted by atomic mass is 10.00. The van der Waals surface area contributed by atoms with Crippen molar-refractivity contribution in [1.29, 1.82) is 0 Å². The fourth-order valence-corrected chi connectivity index (χ4v) is 10.4. The molecule has 4 unspecified atom stereocenters. The normalized spacial score (nSPS) is 14.9. The van der Waals surface area contributed by atoms with E-state index in [4.69, 9.17) is 37.0 Å². The van der Waals surface area contributed by atoms with Crippen LogP contribution in [0.15, 0.2) is 0 Å². The number of carbonyl (C=O) groups excluding carboxylic acids is 4. The summed E-state index contributed by atoms with van der Waals surface area (Å²) in [6, 6.07) is 0. The van der Waals surface area contributed by atoms with E-state index in [2.05, 4.69) is 55.4 Å². The number of aliphatic hydroxyl groups is 1. The van der Waals surface area contributed by atoms with Gasteiger partial charge in [-0.05, 0) is 49.4 Å². The number of phosphoric ester groups is 2. The molecular formula is C61H118O17P2. The molecule has 3 N–H and O–H groups in total. The van der Waals surface area contributed by atoms with Gasteiger partial charge in [-0.2, -0.15) is 0 Å². The highest BCUT2D eigenvalue weighted by Crippen LogP contribution is 2.45. The zero-order valence-corrected chi connectivity index (χ0v) is 53.5. The third-order valence-electron chi connectivity index (χ3n) is 14.2. The minimum Gasteiger partial charge on any atom is -0.462 e. The van der Waals surface area contributed by atoms with Crippen LogP contribution in [0.3, 0.4) is 0 Å². The van der Waals surface area contributed by atoms with Crippen LogP contribution in [0.5, 0.6) is 0 Å². The van der Waals surface area contributed by atoms with E-state index < -0.39 is 97.5 Å². The van der Waals surface area contributed by atoms with E-state index in [1.54, 1.807) is 0 Å². The predicted molar refractivity (Wildman–Crippen MR) is 317 cm³/mol. The molecule has 0 aliphatic rings. The molecule has 0 saturated heterocycles. The Hall–Kier alpha value is -1.94. The molecule has 0 radical (unpaired) electrons. The van der Waals surface area contributed by atoms with Gasteiger partial charge < -0.3 is 33.8 Å². The first-order valence-corrected chi connectivity index (χ1v) is 34.7. The Morgan fingerprint density at radius 2 is 0.600 bits per heavy atom. The third kappa shape index (κ3) is 54.0. The molecule has 0 aromatic rings. The van der Waals surface area contributed by atoms with E-state index in [1.807, 2.05) is 0 Å². The number of ether oxygens (including phenoxy) is 4. The van der Waals surface area contributed by atoms with Crippen molar-refractivity contribution in [3.8, 4) is 0 Å². The lowest BCUT2D eigenvalue weighted by molar-refractivity contribution is -0.161. The van der Waals surface area contributed by atoms with Gasteiger partial charge in [0.05, 0.1) is 26.4 Å². The van der Waals surface area contributed by atoms with Gasteiger partial charge in [-0.3, -0.25) is 37.3 Å². The molecule has 0 aliphatic heterocycles. The maximum Gasteiger partial charge on any atom is 0.472 e. The molecule has 0 aromatic heterocycles. The Bertz CT molecular complexity index is 1610. The summed E-state index contributed by atoms with van der Waals surface area (Å²) in [5, 5.41) is 10.5. The molecule has 80 heavy (non-hydrogen) atoms. The summed E-state index contributed by atoms with van der Waals surface area (Å²) >= 11 is 0. The van der Waals surface area contributed by atoms with Crippen LogP contribution in [0.4, 0.5) is 0 Å². The summed E-state index contributed by atoms with van der Waals surface area (Å²) in [7, 11) is -9.88. The number of hydrogen-bond donors (Lipinski definition) is 3. The number of aliphatic hydroxyl groups excluding tert-OH is 1. The molecule has 0 bridgehead atoms. The van der Waals surface area contributed by atoms with Crippen LogP contribution >= 0.6 is 15.6 Å². The van der Waals surface area contributed by atoms with Crippen LogP contribution in [0.2, 0.25) is 0 Å². The number of hydrogen-bond acceptors (Lipinski definition) is 15. The van der Waals surface area contributed by atoms with E-state index in [1.165, 1.54) is 77.0 Å². The van der Waals surface area contributed by atoms with E-state index in [0.717, 1.165) is 115 Å². The van der Waals surface area contributed by atoms with E-state index in [0.29, 0.717) is 37.5 Å². The molecule has 0 spiro atoms. The van der Waals surface area contributed by atoms with E-state index in [9.17, 15) is 43.2 Å². The molecule has 0 aromatic carbocycles. The molecule has 0 rings (SSSR count). The smallest absolute Gasteiger partial charge is 0.462 e. The first-order chi connectivity index (χ1) is 38.1. The Morgan fingerprint density at radius 1 is 0.350 bits per heavy atom. The highest BCUT2D eigenvalue weighted by molar-refractivity contribution is 7.47. The minimum absolute atomic E-state index is 0.101. The highest BCUT2D eigenvalue weighted by atomic mass is 31.2. The topological polar surface area (TPSA) is 237 Å². The highest BCUT2D eigenvalue weighted by Gasteiger charge is 2.30. The second-order valence-corrected chi connectivity index (χ2v) is 26.7. The maximum atomic E-state index is 12.9. The minimum atomic E-state index is -4.94. The van der Waals surface area contributed by atoms with Crippen molar-refractivity contribution >= 4 is 39.5 Å². The number of phosphoric acid groups is 2. The van der Waals surface area contributed by atoms with Gasteiger partial charge >= 0.3 is 39.5 Å². The Balaban J connectivity index is 5.26. The predicted octanol–water partition coefficient (Wildman–Crippen LogP) is 16.2. The zero-order valence-electron chi connectivity index (χ0n) is 51.7. The van der Waals surface area contributed by atoms with Crippen LogP contribution in [-0.4, -0.2) is 96.7 Å². The van der Waals surface area contributed by atoms with Crippen molar-refractivity contribution in [2.75, 3.05) is 39.6 Å². The number of esters is 4. The number of rotatable bonds is 58. The van der Waals surface area contributed by atoms with E-state index >= 15 is 0 Å². The largest absolute Gasteiger partial charge is 0.472 e. The molecule has 0 fully saturated rings. The molecule has 0 aliphatic carbocycles. The average Bonchev–Trinajstić information content (AvgIpc) is 3.40. The Kier molecular flexibility index (Phi) is 50.2. The van der Waals surface area contributed by atoms with Crippen molar-refractivity contribution in [2.45, 2.75) is 305 Å². The lowest BCUT2D eigenvalue weighted by Gasteiger charge is -2.21. The van der Waals surface area contributed by atoms with Crippen molar-refractivity contribution < 1.29 is 80.2 Å². The van der Waals surface area contributed by atoms with Crippen molar-refractivity contribution in [3.05, 3.63) is 0 Å². The number of carbonyl (C=O) groups is 4. The van der Waals surface area contributed by atoms with Gasteiger partial charge in [0.2, 0.25) is 0 Å². The fraction of sp³-hybridized carbons (Fsp3) is 0.934. The zero-order chi connectivity index (χ0) is 59.7. The van der Waals surface area contributed by atoms with Gasteiger partial charge in [-0.25, -0.2) is 9.13 Å². The lowest BCUT2D eigenvalue weighted by Crippen LogP contribution is -2.30. The SMILES string of the molecule is CCC(C)CCCCCCCCC(=O)O[C@H](COC(=O)CCCCCCCCCC(C)C)COP(=O)(O)OCC(O)COP(=O)(O)OC[C@@H](COC(=O)CCCCCCCCC(C)C)OC(=O)CCCCCCCCCCC(C)C. The van der Waals surface area contributed by atoms with Crippen LogP contribution < -0.4 is 0 Å². The summed E-state index contributed by atoms with van der Waals surface area (Å²) < 4.78 is 67.8. The van der Waals surface area contributed by atoms with E-state index in [-0.39, 0.29) is 25.7 Å².